The molecule has 0 bridgehead atoms. The topological polar surface area (TPSA) is 41.6 Å². The highest BCUT2D eigenvalue weighted by Crippen LogP contribution is 2.49. The molecule has 1 amide bonds. The lowest BCUT2D eigenvalue weighted by atomic mass is 9.67. The Hall–Kier alpha value is -2.43. The summed E-state index contributed by atoms with van der Waals surface area (Å²) in [7, 11) is 1.72. The molecular weight excluding hydrogens is 420 g/mol. The number of methoxy groups -OCH3 is 1. The van der Waals surface area contributed by atoms with Crippen LogP contribution in [0.15, 0.2) is 60.7 Å². The number of nitrogens with one attached hydrogen (secondary N) is 1. The van der Waals surface area contributed by atoms with Crippen molar-refractivity contribution >= 4 is 12.0 Å². The van der Waals surface area contributed by atoms with Gasteiger partial charge in [0, 0.05) is 25.1 Å². The zero-order chi connectivity index (χ0) is 23.8. The first-order chi connectivity index (χ1) is 16.5. The van der Waals surface area contributed by atoms with Crippen LogP contribution in [0.2, 0.25) is 0 Å². The van der Waals surface area contributed by atoms with Crippen LogP contribution in [0.4, 0.5) is 0 Å². The van der Waals surface area contributed by atoms with Gasteiger partial charge in [-0.25, -0.2) is 0 Å². The maximum absolute atomic E-state index is 13.6. The number of amides is 1. The number of hydrogen-bond acceptors (Lipinski definition) is 3. The molecule has 2 aromatic rings. The predicted molar refractivity (Wildman–Crippen MR) is 137 cm³/mol. The van der Waals surface area contributed by atoms with Gasteiger partial charge in [0.2, 0.25) is 5.91 Å². The summed E-state index contributed by atoms with van der Waals surface area (Å²) in [4.78, 5) is 16.2. The smallest absolute Gasteiger partial charge is 0.229 e. The number of rotatable bonds is 6. The van der Waals surface area contributed by atoms with Gasteiger partial charge in [-0.3, -0.25) is 9.69 Å². The van der Waals surface area contributed by atoms with E-state index in [2.05, 4.69) is 72.6 Å². The molecule has 0 aromatic heterocycles. The fourth-order valence-electron chi connectivity index (χ4n) is 6.82. The second kappa shape index (κ2) is 9.31. The first-order valence-electron chi connectivity index (χ1n) is 12.9. The quantitative estimate of drug-likeness (QED) is 0.634. The largest absolute Gasteiger partial charge is 0.384 e. The van der Waals surface area contributed by atoms with Crippen molar-refractivity contribution in [2.45, 2.75) is 57.0 Å². The van der Waals surface area contributed by atoms with Crippen LogP contribution < -0.4 is 5.32 Å². The second-order valence-corrected chi connectivity index (χ2v) is 10.8. The van der Waals surface area contributed by atoms with Crippen LogP contribution in [0, 0.1) is 11.3 Å². The van der Waals surface area contributed by atoms with Gasteiger partial charge in [0.1, 0.15) is 0 Å². The number of likely N-dealkylation sites (tertiary alicyclic amines) is 1. The number of ether oxygens (including phenoxy) is 1. The Morgan fingerprint density at radius 2 is 1.91 bits per heavy atom. The third-order valence-electron chi connectivity index (χ3n) is 8.87. The summed E-state index contributed by atoms with van der Waals surface area (Å²) in [5, 5.41) is 3.30. The minimum atomic E-state index is -0.444. The van der Waals surface area contributed by atoms with Crippen LogP contribution in [0.1, 0.15) is 62.3 Å². The molecule has 34 heavy (non-hydrogen) atoms. The summed E-state index contributed by atoms with van der Waals surface area (Å²) in [6.45, 7) is 7.12. The van der Waals surface area contributed by atoms with E-state index in [1.54, 1.807) is 7.11 Å². The van der Waals surface area contributed by atoms with Crippen molar-refractivity contribution in [3.8, 4) is 0 Å². The van der Waals surface area contributed by atoms with Crippen LogP contribution in [-0.2, 0) is 14.9 Å². The van der Waals surface area contributed by atoms with Crippen molar-refractivity contribution in [3.05, 3.63) is 77.4 Å². The molecule has 1 saturated heterocycles. The molecule has 5 atom stereocenters. The average molecular weight is 459 g/mol. The first-order valence-corrected chi connectivity index (χ1v) is 12.9. The fraction of sp³-hybridized carbons (Fsp3) is 0.500. The molecule has 1 heterocycles. The van der Waals surface area contributed by atoms with E-state index in [0.717, 1.165) is 44.3 Å². The van der Waals surface area contributed by atoms with Crippen LogP contribution in [0.5, 0.6) is 0 Å². The second-order valence-electron chi connectivity index (χ2n) is 10.8. The van der Waals surface area contributed by atoms with E-state index >= 15 is 0 Å². The van der Waals surface area contributed by atoms with Crippen molar-refractivity contribution < 1.29 is 9.53 Å². The Morgan fingerprint density at radius 1 is 1.15 bits per heavy atom. The van der Waals surface area contributed by atoms with E-state index in [4.69, 9.17) is 4.74 Å². The van der Waals surface area contributed by atoms with Gasteiger partial charge in [0.15, 0.2) is 0 Å². The Balaban J connectivity index is 1.27. The normalized spacial score (nSPS) is 31.5. The van der Waals surface area contributed by atoms with Gasteiger partial charge in [-0.15, -0.1) is 0 Å². The summed E-state index contributed by atoms with van der Waals surface area (Å²) < 4.78 is 5.62. The molecule has 2 fully saturated rings. The minimum Gasteiger partial charge on any atom is -0.384 e. The lowest BCUT2D eigenvalue weighted by Gasteiger charge is -2.46. The van der Waals surface area contributed by atoms with Crippen LogP contribution in [0.3, 0.4) is 0 Å². The van der Waals surface area contributed by atoms with Crippen LogP contribution >= 0.6 is 0 Å². The van der Waals surface area contributed by atoms with Crippen molar-refractivity contribution in [3.63, 3.8) is 0 Å². The van der Waals surface area contributed by atoms with E-state index in [9.17, 15) is 4.79 Å². The van der Waals surface area contributed by atoms with Crippen LogP contribution in [0.25, 0.3) is 6.08 Å². The third kappa shape index (κ3) is 4.01. The van der Waals surface area contributed by atoms with Crippen molar-refractivity contribution in [2.75, 3.05) is 26.8 Å². The minimum absolute atomic E-state index is 0.00873. The van der Waals surface area contributed by atoms with E-state index < -0.39 is 5.41 Å². The molecule has 1 N–H and O–H groups in total. The van der Waals surface area contributed by atoms with E-state index in [1.807, 2.05) is 18.2 Å². The Morgan fingerprint density at radius 3 is 2.68 bits per heavy atom. The number of carbonyl (C=O) groups is 1. The summed E-state index contributed by atoms with van der Waals surface area (Å²) in [5.74, 6) is 0.688. The number of nitrogens with zero attached hydrogens (tertiary/aromatic N) is 1. The maximum Gasteiger partial charge on any atom is 0.229 e. The number of fused-ring (bicyclic) bond motifs is 2. The highest BCUT2D eigenvalue weighted by molar-refractivity contribution is 5.83. The number of piperidine rings is 1. The molecule has 4 nitrogen and oxygen atoms in total. The Kier molecular flexibility index (Phi) is 6.39. The molecule has 180 valence electrons. The molecule has 1 saturated carbocycles. The van der Waals surface area contributed by atoms with Crippen molar-refractivity contribution in [1.82, 2.24) is 10.2 Å². The standard InChI is InChI=1S/C30H38N2O2/c1-22-20-32(18-17-30(22)16-13-25-11-7-8-12-27(25)30)26-14-15-29(19-26,21-34-3)28(33)31-23(2)24-9-5-4-6-10-24/h4-13,16,22-23,26H,14-15,17-21H2,1-3H3,(H,31,33)/t22-,23+,26?,29?,30-/m0/s1. The Labute approximate surface area is 204 Å². The zero-order valence-corrected chi connectivity index (χ0v) is 20.8. The lowest BCUT2D eigenvalue weighted by Crippen LogP contribution is -2.51. The molecule has 1 aliphatic heterocycles. The molecular formula is C30H38N2O2. The molecule has 4 heteroatoms. The average Bonchev–Trinajstić information content (AvgIpc) is 3.46. The number of carbonyl (C=O) groups excluding carboxylic acids is 1. The lowest BCUT2D eigenvalue weighted by molar-refractivity contribution is -0.135. The molecule has 3 aliphatic rings. The van der Waals surface area contributed by atoms with Gasteiger partial charge in [-0.2, -0.15) is 0 Å². The number of benzene rings is 2. The predicted octanol–water partition coefficient (Wildman–Crippen LogP) is 5.36. The van der Waals surface area contributed by atoms with Crippen molar-refractivity contribution in [2.24, 2.45) is 11.3 Å². The SMILES string of the molecule is COCC1(C(=O)N[C@H](C)c2ccccc2)CCC(N2CC[C@@]3(C=Cc4ccccc43)[C@@H](C)C2)C1. The zero-order valence-electron chi connectivity index (χ0n) is 20.8. The van der Waals surface area contributed by atoms with Crippen molar-refractivity contribution in [1.29, 1.82) is 0 Å². The van der Waals surface area contributed by atoms with Gasteiger partial charge in [0.05, 0.1) is 18.1 Å². The summed E-state index contributed by atoms with van der Waals surface area (Å²) >= 11 is 0. The van der Waals surface area contributed by atoms with E-state index in [1.165, 1.54) is 11.1 Å². The number of allylic oxidation sites excluding steroid dienone is 1. The molecule has 5 rings (SSSR count). The van der Waals surface area contributed by atoms with Gasteiger partial charge >= 0.3 is 0 Å². The molecule has 1 spiro atoms. The van der Waals surface area contributed by atoms with Gasteiger partial charge in [-0.05, 0) is 61.8 Å². The molecule has 2 aliphatic carbocycles. The van der Waals surface area contributed by atoms with Gasteiger partial charge in [-0.1, -0.05) is 73.7 Å². The highest BCUT2D eigenvalue weighted by atomic mass is 16.5. The van der Waals surface area contributed by atoms with Crippen LogP contribution in [-0.4, -0.2) is 43.7 Å². The third-order valence-corrected chi connectivity index (χ3v) is 8.87. The molecule has 0 radical (unpaired) electrons. The molecule has 2 aromatic carbocycles. The monoisotopic (exact) mass is 458 g/mol. The molecule has 2 unspecified atom stereocenters. The fourth-order valence-corrected chi connectivity index (χ4v) is 6.82. The van der Waals surface area contributed by atoms with E-state index in [-0.39, 0.29) is 17.4 Å². The summed E-state index contributed by atoms with van der Waals surface area (Å²) in [6.07, 6.45) is 8.74. The summed E-state index contributed by atoms with van der Waals surface area (Å²) in [6, 6.07) is 19.5. The van der Waals surface area contributed by atoms with Gasteiger partial charge < -0.3 is 10.1 Å². The van der Waals surface area contributed by atoms with Gasteiger partial charge in [0.25, 0.3) is 0 Å². The summed E-state index contributed by atoms with van der Waals surface area (Å²) in [5.41, 5.74) is 3.74. The van der Waals surface area contributed by atoms with E-state index in [0.29, 0.717) is 18.6 Å². The maximum atomic E-state index is 13.6. The Bertz CT molecular complexity index is 1050. The number of hydrogen-bond donors (Lipinski definition) is 1. The first kappa shape index (κ1) is 23.3. The highest BCUT2D eigenvalue weighted by Gasteiger charge is 2.50.